The number of nitrogens with zero attached hydrogens (tertiary/aromatic N) is 2. The van der Waals surface area contributed by atoms with Crippen molar-refractivity contribution in [2.24, 2.45) is 0 Å². The first kappa shape index (κ1) is 24.8. The molecule has 0 aromatic rings. The SMILES string of the molecule is CC[N+](C)(CC)CC.CC[N+](C)(CC)CC.[O-]B([O-])F. The standard InChI is InChI=1S/2C7H18N.BFO2/c2*1-5-8(4,6-2)7-3;2-1(3)4/h2*5-7H2,1-4H3;/q2*+1;-2. The van der Waals surface area contributed by atoms with Crippen LogP contribution >= 0.6 is 0 Å². The number of halogens is 1. The Morgan fingerprint density at radius 3 is 0.750 bits per heavy atom. The summed E-state index contributed by atoms with van der Waals surface area (Å²) < 4.78 is 12.3. The third-order valence-corrected chi connectivity index (χ3v) is 4.58. The maximum absolute atomic E-state index is 9.89. The molecule has 0 aliphatic rings. The van der Waals surface area contributed by atoms with E-state index in [-0.39, 0.29) is 0 Å². The van der Waals surface area contributed by atoms with Gasteiger partial charge in [-0.05, 0) is 41.5 Å². The van der Waals surface area contributed by atoms with Crippen molar-refractivity contribution in [2.75, 3.05) is 53.4 Å². The van der Waals surface area contributed by atoms with Crippen molar-refractivity contribution in [1.82, 2.24) is 0 Å². The van der Waals surface area contributed by atoms with Gasteiger partial charge in [0.2, 0.25) is 0 Å². The highest BCUT2D eigenvalue weighted by Crippen LogP contribution is 1.98. The maximum atomic E-state index is 9.89. The van der Waals surface area contributed by atoms with Crippen LogP contribution in [-0.4, -0.2) is 69.7 Å². The summed E-state index contributed by atoms with van der Waals surface area (Å²) in [6, 6.07) is 0. The molecule has 4 nitrogen and oxygen atoms in total. The molecule has 0 aliphatic heterocycles. The predicted molar refractivity (Wildman–Crippen MR) is 82.5 cm³/mol. The highest BCUT2D eigenvalue weighted by atomic mass is 19.1. The van der Waals surface area contributed by atoms with Crippen molar-refractivity contribution in [1.29, 1.82) is 0 Å². The molecule has 124 valence electrons. The second-order valence-electron chi connectivity index (χ2n) is 5.41. The first-order chi connectivity index (χ1) is 9.10. The van der Waals surface area contributed by atoms with E-state index < -0.39 is 7.40 Å². The van der Waals surface area contributed by atoms with Crippen LogP contribution in [0.25, 0.3) is 0 Å². The van der Waals surface area contributed by atoms with Gasteiger partial charge in [0.15, 0.2) is 0 Å². The Bertz CT molecular complexity index is 162. The smallest absolute Gasteiger partial charge is 0.121 e. The number of hydrogen-bond acceptors (Lipinski definition) is 2. The summed E-state index contributed by atoms with van der Waals surface area (Å²) in [5.74, 6) is 0. The molecule has 0 aromatic heterocycles. The third-order valence-electron chi connectivity index (χ3n) is 4.58. The Morgan fingerprint density at radius 1 is 0.650 bits per heavy atom. The quantitative estimate of drug-likeness (QED) is 0.533. The van der Waals surface area contributed by atoms with Crippen LogP contribution in [0.2, 0.25) is 0 Å². The van der Waals surface area contributed by atoms with Crippen LogP contribution in [0.15, 0.2) is 0 Å². The van der Waals surface area contributed by atoms with Crippen molar-refractivity contribution in [3.63, 3.8) is 0 Å². The van der Waals surface area contributed by atoms with Gasteiger partial charge < -0.3 is 23.3 Å². The topological polar surface area (TPSA) is 46.1 Å². The molecule has 0 N–H and O–H groups in total. The fourth-order valence-electron chi connectivity index (χ4n) is 1.34. The normalized spacial score (nSPS) is 10.9. The van der Waals surface area contributed by atoms with Crippen molar-refractivity contribution in [2.45, 2.75) is 41.5 Å². The lowest BCUT2D eigenvalue weighted by atomic mass is 10.3. The van der Waals surface area contributed by atoms with E-state index in [1.807, 2.05) is 0 Å². The summed E-state index contributed by atoms with van der Waals surface area (Å²) >= 11 is 0. The molecule has 0 aromatic carbocycles. The molecule has 0 atom stereocenters. The minimum Gasteiger partial charge on any atom is -0.867 e. The number of quaternary nitrogens is 2. The van der Waals surface area contributed by atoms with Gasteiger partial charge in [-0.25, -0.2) is 0 Å². The first-order valence-electron chi connectivity index (χ1n) is 7.72. The molecule has 0 spiro atoms. The number of rotatable bonds is 6. The van der Waals surface area contributed by atoms with Crippen molar-refractivity contribution in [3.05, 3.63) is 0 Å². The summed E-state index contributed by atoms with van der Waals surface area (Å²) in [5, 5.41) is 16.6. The van der Waals surface area contributed by atoms with Gasteiger partial charge in [0, 0.05) is 0 Å². The van der Waals surface area contributed by atoms with Crippen LogP contribution in [0.5, 0.6) is 0 Å². The lowest BCUT2D eigenvalue weighted by Crippen LogP contribution is -2.42. The molecule has 0 saturated heterocycles. The van der Waals surface area contributed by atoms with E-state index in [9.17, 15) is 4.32 Å². The van der Waals surface area contributed by atoms with E-state index in [0.29, 0.717) is 0 Å². The van der Waals surface area contributed by atoms with Crippen molar-refractivity contribution in [3.8, 4) is 0 Å². The van der Waals surface area contributed by atoms with E-state index in [1.165, 1.54) is 48.2 Å². The second kappa shape index (κ2) is 13.8. The molecule has 0 heterocycles. The fourth-order valence-corrected chi connectivity index (χ4v) is 1.34. The fraction of sp³-hybridized carbons (Fsp3) is 1.00. The highest BCUT2D eigenvalue weighted by molar-refractivity contribution is 6.27. The van der Waals surface area contributed by atoms with Gasteiger partial charge in [-0.15, -0.1) is 0 Å². The Hall–Kier alpha value is -0.165. The van der Waals surface area contributed by atoms with Crippen molar-refractivity contribution < 1.29 is 23.3 Å². The molecule has 0 unspecified atom stereocenters. The molecule has 6 heteroatoms. The Balaban J connectivity index is -0.000000230. The second-order valence-corrected chi connectivity index (χ2v) is 5.41. The van der Waals surface area contributed by atoms with Crippen LogP contribution < -0.4 is 10.0 Å². The zero-order valence-electron chi connectivity index (χ0n) is 14.9. The van der Waals surface area contributed by atoms with E-state index >= 15 is 0 Å². The summed E-state index contributed by atoms with van der Waals surface area (Å²) in [6.07, 6.45) is 0. The van der Waals surface area contributed by atoms with Gasteiger partial charge >= 0.3 is 0 Å². The van der Waals surface area contributed by atoms with E-state index in [0.717, 1.165) is 0 Å². The predicted octanol–water partition coefficient (Wildman–Crippen LogP) is 0.647. The van der Waals surface area contributed by atoms with Gasteiger partial charge in [-0.3, -0.25) is 0 Å². The van der Waals surface area contributed by atoms with Crippen LogP contribution in [0.3, 0.4) is 0 Å². The van der Waals surface area contributed by atoms with Gasteiger partial charge in [-0.1, -0.05) is 0 Å². The van der Waals surface area contributed by atoms with Crippen molar-refractivity contribution >= 4 is 7.40 Å². The van der Waals surface area contributed by atoms with E-state index in [4.69, 9.17) is 10.0 Å². The first-order valence-corrected chi connectivity index (χ1v) is 7.72. The zero-order valence-corrected chi connectivity index (χ0v) is 14.9. The monoisotopic (exact) mass is 294 g/mol. The molecule has 0 amide bonds. The molecule has 0 fully saturated rings. The third kappa shape index (κ3) is 15.9. The van der Waals surface area contributed by atoms with E-state index in [2.05, 4.69) is 55.6 Å². The Morgan fingerprint density at radius 2 is 0.750 bits per heavy atom. The van der Waals surface area contributed by atoms with E-state index in [1.54, 1.807) is 0 Å². The Labute approximate surface area is 126 Å². The lowest BCUT2D eigenvalue weighted by Gasteiger charge is -2.30. The highest BCUT2D eigenvalue weighted by Gasteiger charge is 2.11. The average Bonchev–Trinajstić information content (AvgIpc) is 2.45. The molecule has 20 heavy (non-hydrogen) atoms. The van der Waals surface area contributed by atoms with Crippen LogP contribution in [0.1, 0.15) is 41.5 Å². The van der Waals surface area contributed by atoms with Gasteiger partial charge in [0.1, 0.15) is 7.40 Å². The van der Waals surface area contributed by atoms with Gasteiger partial charge in [0.25, 0.3) is 0 Å². The minimum atomic E-state index is -3.17. The molecular weight excluding hydrogens is 258 g/mol. The van der Waals surface area contributed by atoms with Crippen LogP contribution in [0, 0.1) is 0 Å². The molecular formula is C14H36BFN2O2. The van der Waals surface area contributed by atoms with Gasteiger partial charge in [-0.2, -0.15) is 0 Å². The van der Waals surface area contributed by atoms with Crippen LogP contribution in [-0.2, 0) is 0 Å². The summed E-state index contributed by atoms with van der Waals surface area (Å²) in [4.78, 5) is 0. The minimum absolute atomic E-state index is 1.21. The molecule has 0 saturated carbocycles. The lowest BCUT2D eigenvalue weighted by molar-refractivity contribution is -0.904. The summed E-state index contributed by atoms with van der Waals surface area (Å²) in [7, 11) is 1.42. The number of hydrogen-bond donors (Lipinski definition) is 0. The molecule has 0 rings (SSSR count). The zero-order chi connectivity index (χ0) is 16.8. The molecule has 0 radical (unpaired) electrons. The summed E-state index contributed by atoms with van der Waals surface area (Å²) in [6.45, 7) is 21.0. The van der Waals surface area contributed by atoms with Gasteiger partial charge in [0.05, 0.1) is 53.4 Å². The largest absolute Gasteiger partial charge is 0.867 e. The molecule has 0 bridgehead atoms. The maximum Gasteiger partial charge on any atom is 0.121 e. The molecule has 0 aliphatic carbocycles. The summed E-state index contributed by atoms with van der Waals surface area (Å²) in [5.41, 5.74) is 0. The van der Waals surface area contributed by atoms with Crippen LogP contribution in [0.4, 0.5) is 4.32 Å². The average molecular weight is 294 g/mol. The Kier molecular flexibility index (Phi) is 17.1.